The van der Waals surface area contributed by atoms with Gasteiger partial charge >= 0.3 is 0 Å². The molecule has 1 atom stereocenters. The van der Waals surface area contributed by atoms with Crippen LogP contribution in [-0.4, -0.2) is 61.0 Å². The zero-order chi connectivity index (χ0) is 17.1. The van der Waals surface area contributed by atoms with E-state index < -0.39 is 0 Å². The maximum atomic E-state index is 5.42. The summed E-state index contributed by atoms with van der Waals surface area (Å²) in [7, 11) is 0. The summed E-state index contributed by atoms with van der Waals surface area (Å²) in [6.07, 6.45) is 1.82. The van der Waals surface area contributed by atoms with Gasteiger partial charge in [-0.1, -0.05) is 17.3 Å². The lowest BCUT2D eigenvalue weighted by atomic mass is 10.1. The summed E-state index contributed by atoms with van der Waals surface area (Å²) in [5.74, 6) is 1.88. The van der Waals surface area contributed by atoms with Crippen LogP contribution in [0, 0.1) is 6.92 Å². The summed E-state index contributed by atoms with van der Waals surface area (Å²) in [6, 6.07) is 8.76. The van der Waals surface area contributed by atoms with Gasteiger partial charge in [0, 0.05) is 57.4 Å². The number of hydrogen-bond donors (Lipinski definition) is 0. The summed E-state index contributed by atoms with van der Waals surface area (Å²) in [6.45, 7) is 8.94. The molecule has 0 bridgehead atoms. The van der Waals surface area contributed by atoms with Crippen LogP contribution in [0.1, 0.15) is 29.6 Å². The highest BCUT2D eigenvalue weighted by Crippen LogP contribution is 2.22. The zero-order valence-corrected chi connectivity index (χ0v) is 14.9. The Balaban J connectivity index is 1.25. The van der Waals surface area contributed by atoms with Gasteiger partial charge in [0.15, 0.2) is 5.82 Å². The number of anilines is 1. The summed E-state index contributed by atoms with van der Waals surface area (Å²) < 4.78 is 10.8. The van der Waals surface area contributed by atoms with Crippen LogP contribution in [0.2, 0.25) is 0 Å². The molecular weight excluding hydrogens is 316 g/mol. The first kappa shape index (κ1) is 16.5. The average molecular weight is 342 g/mol. The van der Waals surface area contributed by atoms with Crippen molar-refractivity contribution in [3.63, 3.8) is 0 Å². The summed E-state index contributed by atoms with van der Waals surface area (Å²) in [4.78, 5) is 9.50. The Morgan fingerprint density at radius 3 is 2.84 bits per heavy atom. The molecular formula is C19H26N4O2. The molecule has 2 aliphatic rings. The molecule has 3 heterocycles. The van der Waals surface area contributed by atoms with Crippen molar-refractivity contribution < 1.29 is 9.26 Å². The van der Waals surface area contributed by atoms with Crippen molar-refractivity contribution in [3.8, 4) is 0 Å². The van der Waals surface area contributed by atoms with Crippen LogP contribution in [0.3, 0.4) is 0 Å². The van der Waals surface area contributed by atoms with Crippen molar-refractivity contribution in [1.82, 2.24) is 15.0 Å². The highest BCUT2D eigenvalue weighted by Gasteiger charge is 2.23. The summed E-state index contributed by atoms with van der Waals surface area (Å²) in [5.41, 5.74) is 2.65. The number of piperazine rings is 1. The highest BCUT2D eigenvalue weighted by molar-refractivity contribution is 5.48. The van der Waals surface area contributed by atoms with Crippen LogP contribution < -0.4 is 4.90 Å². The largest absolute Gasteiger partial charge is 0.381 e. The Hall–Kier alpha value is -1.92. The molecule has 2 saturated heterocycles. The molecule has 4 rings (SSSR count). The van der Waals surface area contributed by atoms with E-state index in [1.165, 1.54) is 11.3 Å². The van der Waals surface area contributed by atoms with Crippen LogP contribution >= 0.6 is 0 Å². The first-order chi connectivity index (χ1) is 12.3. The Labute approximate surface area is 148 Å². The molecule has 0 saturated carbocycles. The third-order valence-electron chi connectivity index (χ3n) is 5.16. The molecule has 2 aromatic rings. The van der Waals surface area contributed by atoms with Gasteiger partial charge in [-0.15, -0.1) is 0 Å². The molecule has 0 amide bonds. The number of benzene rings is 1. The van der Waals surface area contributed by atoms with E-state index in [0.717, 1.165) is 70.5 Å². The number of ether oxygens (including phenoxy) is 1. The second-order valence-corrected chi connectivity index (χ2v) is 7.02. The first-order valence-corrected chi connectivity index (χ1v) is 9.22. The topological polar surface area (TPSA) is 54.6 Å². The number of nitrogens with zero attached hydrogens (tertiary/aromatic N) is 4. The second-order valence-electron chi connectivity index (χ2n) is 7.02. The average Bonchev–Trinajstić information content (AvgIpc) is 3.32. The van der Waals surface area contributed by atoms with E-state index in [1.807, 2.05) is 0 Å². The van der Waals surface area contributed by atoms with Crippen molar-refractivity contribution in [2.24, 2.45) is 0 Å². The first-order valence-electron chi connectivity index (χ1n) is 9.22. The van der Waals surface area contributed by atoms with Crippen molar-refractivity contribution in [1.29, 1.82) is 0 Å². The molecule has 1 aromatic carbocycles. The van der Waals surface area contributed by atoms with Gasteiger partial charge in [0.2, 0.25) is 5.89 Å². The Morgan fingerprint density at radius 2 is 2.08 bits per heavy atom. The fraction of sp³-hybridized carbons (Fsp3) is 0.579. The van der Waals surface area contributed by atoms with Crippen LogP contribution in [0.15, 0.2) is 28.8 Å². The minimum atomic E-state index is 0.315. The van der Waals surface area contributed by atoms with E-state index in [0.29, 0.717) is 5.92 Å². The summed E-state index contributed by atoms with van der Waals surface area (Å²) >= 11 is 0. The Bertz CT molecular complexity index is 688. The van der Waals surface area contributed by atoms with E-state index in [-0.39, 0.29) is 0 Å². The fourth-order valence-corrected chi connectivity index (χ4v) is 3.58. The molecule has 2 fully saturated rings. The highest BCUT2D eigenvalue weighted by atomic mass is 16.5. The van der Waals surface area contributed by atoms with Crippen LogP contribution in [0.4, 0.5) is 5.69 Å². The SMILES string of the molecule is Cc1cccc(N2CCN(CCc3nc([C@H]4CCOC4)no3)CC2)c1. The second kappa shape index (κ2) is 7.54. The third-order valence-corrected chi connectivity index (χ3v) is 5.16. The van der Waals surface area contributed by atoms with Gasteiger partial charge in [0.25, 0.3) is 0 Å². The normalized spacial score (nSPS) is 21.8. The molecule has 0 unspecified atom stereocenters. The van der Waals surface area contributed by atoms with Gasteiger partial charge < -0.3 is 14.2 Å². The maximum Gasteiger partial charge on any atom is 0.227 e. The van der Waals surface area contributed by atoms with E-state index in [1.54, 1.807) is 0 Å². The zero-order valence-electron chi connectivity index (χ0n) is 14.9. The number of rotatable bonds is 5. The van der Waals surface area contributed by atoms with E-state index in [4.69, 9.17) is 9.26 Å². The predicted octanol–water partition coefficient (Wildman–Crippen LogP) is 2.25. The van der Waals surface area contributed by atoms with Gasteiger partial charge in [-0.3, -0.25) is 4.90 Å². The lowest BCUT2D eigenvalue weighted by Crippen LogP contribution is -2.47. The maximum absolute atomic E-state index is 5.42. The molecule has 0 radical (unpaired) electrons. The van der Waals surface area contributed by atoms with Gasteiger partial charge in [0.1, 0.15) is 0 Å². The third kappa shape index (κ3) is 4.02. The number of aryl methyl sites for hydroxylation is 1. The van der Waals surface area contributed by atoms with Crippen molar-refractivity contribution in [2.75, 3.05) is 50.8 Å². The van der Waals surface area contributed by atoms with Crippen molar-refractivity contribution in [2.45, 2.75) is 25.7 Å². The van der Waals surface area contributed by atoms with Crippen LogP contribution in [-0.2, 0) is 11.2 Å². The molecule has 6 nitrogen and oxygen atoms in total. The minimum Gasteiger partial charge on any atom is -0.381 e. The van der Waals surface area contributed by atoms with Gasteiger partial charge in [-0.2, -0.15) is 4.98 Å². The molecule has 0 spiro atoms. The van der Waals surface area contributed by atoms with Crippen LogP contribution in [0.25, 0.3) is 0 Å². The number of aromatic nitrogens is 2. The van der Waals surface area contributed by atoms with Gasteiger partial charge in [-0.05, 0) is 31.0 Å². The molecule has 0 N–H and O–H groups in total. The standard InChI is InChI=1S/C19H26N4O2/c1-15-3-2-4-17(13-15)23-10-8-22(9-11-23)7-5-18-20-19(21-25-18)16-6-12-24-14-16/h2-4,13,16H,5-12,14H2,1H3/t16-/m0/s1. The molecule has 134 valence electrons. The van der Waals surface area contributed by atoms with E-state index >= 15 is 0 Å². The van der Waals surface area contributed by atoms with Crippen molar-refractivity contribution >= 4 is 5.69 Å². The van der Waals surface area contributed by atoms with Gasteiger partial charge in [-0.25, -0.2) is 0 Å². The monoisotopic (exact) mass is 342 g/mol. The van der Waals surface area contributed by atoms with E-state index in [2.05, 4.69) is 51.1 Å². The summed E-state index contributed by atoms with van der Waals surface area (Å²) in [5, 5.41) is 4.13. The molecule has 1 aromatic heterocycles. The lowest BCUT2D eigenvalue weighted by Gasteiger charge is -2.36. The molecule has 2 aliphatic heterocycles. The molecule has 25 heavy (non-hydrogen) atoms. The lowest BCUT2D eigenvalue weighted by molar-refractivity contribution is 0.192. The fourth-order valence-electron chi connectivity index (χ4n) is 3.58. The van der Waals surface area contributed by atoms with E-state index in [9.17, 15) is 0 Å². The van der Waals surface area contributed by atoms with Gasteiger partial charge in [0.05, 0.1) is 6.61 Å². The quantitative estimate of drug-likeness (QED) is 0.831. The molecule has 6 heteroatoms. The number of hydrogen-bond acceptors (Lipinski definition) is 6. The smallest absolute Gasteiger partial charge is 0.227 e. The van der Waals surface area contributed by atoms with Crippen LogP contribution in [0.5, 0.6) is 0 Å². The Morgan fingerprint density at radius 1 is 1.20 bits per heavy atom. The Kier molecular flexibility index (Phi) is 4.99. The van der Waals surface area contributed by atoms with Crippen molar-refractivity contribution in [3.05, 3.63) is 41.5 Å². The minimum absolute atomic E-state index is 0.315. The molecule has 0 aliphatic carbocycles. The predicted molar refractivity (Wildman–Crippen MR) is 96.0 cm³/mol.